The Labute approximate surface area is 182 Å². The van der Waals surface area contributed by atoms with Crippen molar-refractivity contribution in [2.45, 2.75) is 20.5 Å². The van der Waals surface area contributed by atoms with Gasteiger partial charge < -0.3 is 14.8 Å². The molecule has 31 heavy (non-hydrogen) atoms. The Morgan fingerprint density at radius 2 is 1.81 bits per heavy atom. The van der Waals surface area contributed by atoms with E-state index < -0.39 is 5.91 Å². The van der Waals surface area contributed by atoms with Crippen LogP contribution in [0.4, 0.5) is 5.69 Å². The molecule has 1 amide bonds. The lowest BCUT2D eigenvalue weighted by atomic mass is 10.1. The number of hydrogen-bond donors (Lipinski definition) is 1. The van der Waals surface area contributed by atoms with Crippen molar-refractivity contribution in [3.8, 4) is 17.6 Å². The minimum Gasteiger partial charge on any atom is -0.497 e. The molecule has 0 radical (unpaired) electrons. The van der Waals surface area contributed by atoms with Crippen LogP contribution in [0.2, 0.25) is 0 Å². The predicted molar refractivity (Wildman–Crippen MR) is 122 cm³/mol. The summed E-state index contributed by atoms with van der Waals surface area (Å²) in [4.78, 5) is 12.6. The summed E-state index contributed by atoms with van der Waals surface area (Å²) in [7, 11) is 1.57. The summed E-state index contributed by atoms with van der Waals surface area (Å²) in [5.74, 6) is 0.669. The highest BCUT2D eigenvalue weighted by molar-refractivity contribution is 6.09. The van der Waals surface area contributed by atoms with E-state index in [1.165, 1.54) is 6.08 Å². The van der Waals surface area contributed by atoms with Gasteiger partial charge >= 0.3 is 0 Å². The van der Waals surface area contributed by atoms with E-state index in [-0.39, 0.29) is 5.57 Å². The Hall–Kier alpha value is -4.04. The van der Waals surface area contributed by atoms with Crippen LogP contribution < -0.4 is 14.8 Å². The minimum absolute atomic E-state index is 0.0221. The van der Waals surface area contributed by atoms with Crippen molar-refractivity contribution in [1.29, 1.82) is 5.26 Å². The number of carbonyl (C=O) groups is 1. The molecule has 0 bridgehead atoms. The summed E-state index contributed by atoms with van der Waals surface area (Å²) < 4.78 is 11.3. The Bertz CT molecular complexity index is 1140. The summed E-state index contributed by atoms with van der Waals surface area (Å²) in [5.41, 5.74) is 4.47. The fraction of sp³-hybridized carbons (Fsp3) is 0.154. The van der Waals surface area contributed by atoms with Gasteiger partial charge in [0.2, 0.25) is 0 Å². The fourth-order valence-corrected chi connectivity index (χ4v) is 2.99. The molecular weight excluding hydrogens is 388 g/mol. The SMILES string of the molecule is COc1ccc(/C=C(\C#N)C(=O)Nc2ccc(C)cc2)c(OCc2cccc(C)c2)c1. The molecule has 0 aliphatic carbocycles. The largest absolute Gasteiger partial charge is 0.497 e. The monoisotopic (exact) mass is 412 g/mol. The molecule has 3 aromatic carbocycles. The first-order valence-electron chi connectivity index (χ1n) is 9.84. The van der Waals surface area contributed by atoms with Crippen LogP contribution in [-0.2, 0) is 11.4 Å². The molecule has 1 N–H and O–H groups in total. The van der Waals surface area contributed by atoms with Gasteiger partial charge in [0.05, 0.1) is 7.11 Å². The van der Waals surface area contributed by atoms with Crippen LogP contribution in [0.5, 0.6) is 11.5 Å². The Kier molecular flexibility index (Phi) is 7.08. The van der Waals surface area contributed by atoms with Crippen LogP contribution in [0.25, 0.3) is 6.08 Å². The molecule has 0 spiro atoms. The average Bonchev–Trinajstić information content (AvgIpc) is 2.78. The van der Waals surface area contributed by atoms with Gasteiger partial charge in [0.25, 0.3) is 5.91 Å². The zero-order valence-electron chi connectivity index (χ0n) is 17.8. The summed E-state index contributed by atoms with van der Waals surface area (Å²) in [6.07, 6.45) is 1.52. The normalized spacial score (nSPS) is 10.8. The van der Waals surface area contributed by atoms with Crippen molar-refractivity contribution < 1.29 is 14.3 Å². The maximum atomic E-state index is 12.6. The van der Waals surface area contributed by atoms with Crippen LogP contribution in [0.15, 0.2) is 72.3 Å². The van der Waals surface area contributed by atoms with Crippen LogP contribution in [0, 0.1) is 25.2 Å². The van der Waals surface area contributed by atoms with Gasteiger partial charge in [0, 0.05) is 17.3 Å². The first-order valence-corrected chi connectivity index (χ1v) is 9.84. The summed E-state index contributed by atoms with van der Waals surface area (Å²) in [6.45, 7) is 4.34. The van der Waals surface area contributed by atoms with Crippen molar-refractivity contribution in [3.63, 3.8) is 0 Å². The molecule has 0 saturated heterocycles. The molecule has 0 unspecified atom stereocenters. The number of amides is 1. The van der Waals surface area contributed by atoms with E-state index in [4.69, 9.17) is 9.47 Å². The molecule has 0 aromatic heterocycles. The number of nitrogens with zero attached hydrogens (tertiary/aromatic N) is 1. The maximum absolute atomic E-state index is 12.6. The van der Waals surface area contributed by atoms with Gasteiger partial charge in [-0.25, -0.2) is 0 Å². The van der Waals surface area contributed by atoms with Gasteiger partial charge in [-0.05, 0) is 49.8 Å². The summed E-state index contributed by atoms with van der Waals surface area (Å²) in [5, 5.41) is 12.3. The van der Waals surface area contributed by atoms with Crippen molar-refractivity contribution in [2.75, 3.05) is 12.4 Å². The summed E-state index contributed by atoms with van der Waals surface area (Å²) in [6, 6.07) is 22.7. The van der Waals surface area contributed by atoms with E-state index in [1.54, 1.807) is 37.4 Å². The first kappa shape index (κ1) is 21.7. The molecule has 156 valence electrons. The molecule has 0 fully saturated rings. The molecular formula is C26H24N2O3. The Morgan fingerprint density at radius 1 is 1.03 bits per heavy atom. The number of benzene rings is 3. The van der Waals surface area contributed by atoms with E-state index in [9.17, 15) is 10.1 Å². The topological polar surface area (TPSA) is 71.3 Å². The van der Waals surface area contributed by atoms with Gasteiger partial charge in [-0.15, -0.1) is 0 Å². The lowest BCUT2D eigenvalue weighted by molar-refractivity contribution is -0.112. The second kappa shape index (κ2) is 10.1. The number of hydrogen-bond acceptors (Lipinski definition) is 4. The first-order chi connectivity index (χ1) is 15.0. The number of rotatable bonds is 7. The van der Waals surface area contributed by atoms with Crippen LogP contribution in [0.1, 0.15) is 22.3 Å². The van der Waals surface area contributed by atoms with Gasteiger partial charge in [-0.2, -0.15) is 5.26 Å². The Balaban J connectivity index is 1.85. The van der Waals surface area contributed by atoms with Crippen molar-refractivity contribution in [3.05, 3.63) is 94.6 Å². The maximum Gasteiger partial charge on any atom is 0.266 e. The zero-order chi connectivity index (χ0) is 22.2. The van der Waals surface area contributed by atoms with E-state index in [0.717, 1.165) is 16.7 Å². The highest BCUT2D eigenvalue weighted by Crippen LogP contribution is 2.28. The predicted octanol–water partition coefficient (Wildman–Crippen LogP) is 5.44. The number of carbonyl (C=O) groups excluding carboxylic acids is 1. The van der Waals surface area contributed by atoms with E-state index in [2.05, 4.69) is 5.32 Å². The van der Waals surface area contributed by atoms with E-state index >= 15 is 0 Å². The lowest BCUT2D eigenvalue weighted by Crippen LogP contribution is -2.13. The molecule has 5 heteroatoms. The second-order valence-corrected chi connectivity index (χ2v) is 7.17. The fourth-order valence-electron chi connectivity index (χ4n) is 2.99. The molecule has 0 aliphatic rings. The highest BCUT2D eigenvalue weighted by atomic mass is 16.5. The molecule has 5 nitrogen and oxygen atoms in total. The molecule has 0 atom stereocenters. The average molecular weight is 412 g/mol. The molecule has 0 aliphatic heterocycles. The number of nitrogens with one attached hydrogen (secondary N) is 1. The number of ether oxygens (including phenoxy) is 2. The van der Waals surface area contributed by atoms with Crippen molar-refractivity contribution in [2.24, 2.45) is 0 Å². The smallest absolute Gasteiger partial charge is 0.266 e. The number of anilines is 1. The Morgan fingerprint density at radius 3 is 2.48 bits per heavy atom. The number of aryl methyl sites for hydroxylation is 2. The molecule has 0 saturated carbocycles. The summed E-state index contributed by atoms with van der Waals surface area (Å²) >= 11 is 0. The second-order valence-electron chi connectivity index (χ2n) is 7.17. The third-order valence-electron chi connectivity index (χ3n) is 4.67. The van der Waals surface area contributed by atoms with Gasteiger partial charge in [0.15, 0.2) is 0 Å². The zero-order valence-corrected chi connectivity index (χ0v) is 17.8. The van der Waals surface area contributed by atoms with Crippen molar-refractivity contribution >= 4 is 17.7 Å². The molecule has 3 rings (SSSR count). The van der Waals surface area contributed by atoms with Crippen LogP contribution in [0.3, 0.4) is 0 Å². The van der Waals surface area contributed by atoms with Crippen molar-refractivity contribution in [1.82, 2.24) is 0 Å². The highest BCUT2D eigenvalue weighted by Gasteiger charge is 2.12. The van der Waals surface area contributed by atoms with Crippen LogP contribution in [-0.4, -0.2) is 13.0 Å². The standard InChI is InChI=1S/C26H24N2O3/c1-18-7-10-23(11-8-18)28-26(29)22(16-27)14-21-9-12-24(30-3)15-25(21)31-17-20-6-4-5-19(2)13-20/h4-15H,17H2,1-3H3,(H,28,29)/b22-14+. The third kappa shape index (κ3) is 5.97. The van der Waals surface area contributed by atoms with Gasteiger partial charge in [-0.1, -0.05) is 47.5 Å². The molecule has 0 heterocycles. The number of nitriles is 1. The van der Waals surface area contributed by atoms with E-state index in [0.29, 0.717) is 29.4 Å². The van der Waals surface area contributed by atoms with Gasteiger partial charge in [0.1, 0.15) is 29.7 Å². The quantitative estimate of drug-likeness (QED) is 0.414. The molecule has 3 aromatic rings. The lowest BCUT2D eigenvalue weighted by Gasteiger charge is -2.12. The van der Waals surface area contributed by atoms with Gasteiger partial charge in [-0.3, -0.25) is 4.79 Å². The minimum atomic E-state index is -0.480. The number of methoxy groups -OCH3 is 1. The van der Waals surface area contributed by atoms with Crippen LogP contribution >= 0.6 is 0 Å². The third-order valence-corrected chi connectivity index (χ3v) is 4.67. The van der Waals surface area contributed by atoms with E-state index in [1.807, 2.05) is 56.3 Å².